The third kappa shape index (κ3) is 6.78. The van der Waals surface area contributed by atoms with Gasteiger partial charge in [-0.1, -0.05) is 44.2 Å². The number of nitrogens with one attached hydrogen (secondary N) is 1. The van der Waals surface area contributed by atoms with Crippen LogP contribution in [0.5, 0.6) is 5.75 Å². The second-order valence-corrected chi connectivity index (χ2v) is 10.5. The van der Waals surface area contributed by atoms with E-state index in [1.54, 1.807) is 32.9 Å². The first-order valence-electron chi connectivity index (χ1n) is 10.1. The molecule has 2 rings (SSSR count). The maximum absolute atomic E-state index is 13.7. The molecule has 0 spiro atoms. The molecule has 0 aliphatic carbocycles. The van der Waals surface area contributed by atoms with E-state index in [0.717, 1.165) is 5.56 Å². The van der Waals surface area contributed by atoms with Gasteiger partial charge in [0.15, 0.2) is 0 Å². The highest BCUT2D eigenvalue weighted by atomic mass is 32.2. The average Bonchev–Trinajstić information content (AvgIpc) is 2.71. The van der Waals surface area contributed by atoms with E-state index in [1.165, 1.54) is 23.5 Å². The van der Waals surface area contributed by atoms with Crippen LogP contribution >= 0.6 is 0 Å². The zero-order chi connectivity index (χ0) is 23.2. The van der Waals surface area contributed by atoms with Crippen LogP contribution in [-0.4, -0.2) is 37.4 Å². The third-order valence-corrected chi connectivity index (χ3v) is 6.36. The predicted octanol–water partition coefficient (Wildman–Crippen LogP) is 3.76. The number of hydroxylamine groups is 1. The van der Waals surface area contributed by atoms with Crippen LogP contribution in [0.2, 0.25) is 0 Å². The largest absolute Gasteiger partial charge is 0.497 e. The van der Waals surface area contributed by atoms with Gasteiger partial charge in [0.05, 0.1) is 17.6 Å². The lowest BCUT2D eigenvalue weighted by Crippen LogP contribution is -2.52. The average molecular weight is 449 g/mol. The lowest BCUT2D eigenvalue weighted by Gasteiger charge is -2.33. The number of carbonyl (C=O) groups is 1. The molecule has 1 unspecified atom stereocenters. The van der Waals surface area contributed by atoms with E-state index in [0.29, 0.717) is 5.75 Å². The van der Waals surface area contributed by atoms with E-state index < -0.39 is 27.6 Å². The van der Waals surface area contributed by atoms with Crippen LogP contribution in [0.4, 0.5) is 0 Å². The molecule has 1 N–H and O–H groups in total. The number of benzene rings is 2. The number of carbonyl (C=O) groups excluding carboxylic acids is 1. The van der Waals surface area contributed by atoms with Gasteiger partial charge in [0.25, 0.3) is 5.91 Å². The molecule has 0 radical (unpaired) electrons. The Bertz CT molecular complexity index is 952. The fourth-order valence-electron chi connectivity index (χ4n) is 3.01. The van der Waals surface area contributed by atoms with Gasteiger partial charge in [0.1, 0.15) is 11.8 Å². The first-order valence-corrected chi connectivity index (χ1v) is 11.6. The number of rotatable bonds is 9. The zero-order valence-corrected chi connectivity index (χ0v) is 19.8. The Morgan fingerprint density at radius 2 is 1.61 bits per heavy atom. The molecule has 2 aromatic rings. The van der Waals surface area contributed by atoms with Crippen molar-refractivity contribution in [1.82, 2.24) is 9.79 Å². The molecule has 0 aliphatic heterocycles. The summed E-state index contributed by atoms with van der Waals surface area (Å²) in [6.45, 7) is 9.06. The summed E-state index contributed by atoms with van der Waals surface area (Å²) in [4.78, 5) is 18.6. The summed E-state index contributed by atoms with van der Waals surface area (Å²) in [7, 11) is -2.49. The van der Waals surface area contributed by atoms with E-state index in [2.05, 4.69) is 5.48 Å². The van der Waals surface area contributed by atoms with E-state index in [-0.39, 0.29) is 17.4 Å². The highest BCUT2D eigenvalue weighted by Gasteiger charge is 2.38. The molecule has 0 saturated heterocycles. The molecule has 8 heteroatoms. The molecule has 0 bridgehead atoms. The van der Waals surface area contributed by atoms with Crippen LogP contribution in [0, 0.1) is 5.92 Å². The van der Waals surface area contributed by atoms with Crippen molar-refractivity contribution < 1.29 is 22.8 Å². The molecule has 0 heterocycles. The number of ether oxygens (including phenoxy) is 1. The van der Waals surface area contributed by atoms with Crippen molar-refractivity contribution >= 4 is 15.9 Å². The van der Waals surface area contributed by atoms with Crippen LogP contribution in [0.15, 0.2) is 59.5 Å². The summed E-state index contributed by atoms with van der Waals surface area (Å²) in [6, 6.07) is 14.3. The lowest BCUT2D eigenvalue weighted by molar-refractivity contribution is -0.151. The molecule has 0 aliphatic rings. The van der Waals surface area contributed by atoms with E-state index in [1.807, 2.05) is 44.2 Å². The topological polar surface area (TPSA) is 84.9 Å². The maximum atomic E-state index is 13.7. The highest BCUT2D eigenvalue weighted by molar-refractivity contribution is 7.89. The lowest BCUT2D eigenvalue weighted by atomic mass is 10.0. The molecule has 0 aromatic heterocycles. The van der Waals surface area contributed by atoms with Gasteiger partial charge >= 0.3 is 0 Å². The first kappa shape index (κ1) is 24.8. The summed E-state index contributed by atoms with van der Waals surface area (Å²) in [5, 5.41) is 0. The Kier molecular flexibility index (Phi) is 8.22. The van der Waals surface area contributed by atoms with Crippen molar-refractivity contribution in [3.05, 3.63) is 60.2 Å². The van der Waals surface area contributed by atoms with Crippen LogP contribution in [0.1, 0.15) is 40.2 Å². The fourth-order valence-corrected chi connectivity index (χ4v) is 4.72. The minimum Gasteiger partial charge on any atom is -0.497 e. The predicted molar refractivity (Wildman–Crippen MR) is 120 cm³/mol. The number of amides is 1. The number of hydrogen-bond acceptors (Lipinski definition) is 5. The summed E-state index contributed by atoms with van der Waals surface area (Å²) in [5.74, 6) is -0.275. The summed E-state index contributed by atoms with van der Waals surface area (Å²) in [6.07, 6.45) is 0. The van der Waals surface area contributed by atoms with Crippen molar-refractivity contribution in [2.45, 2.75) is 57.7 Å². The monoisotopic (exact) mass is 448 g/mol. The van der Waals surface area contributed by atoms with Crippen LogP contribution in [0.25, 0.3) is 0 Å². The van der Waals surface area contributed by atoms with E-state index in [9.17, 15) is 13.2 Å². The Hall–Kier alpha value is -2.42. The molecular formula is C23H32N2O5S. The smallest absolute Gasteiger partial charge is 0.262 e. The van der Waals surface area contributed by atoms with Gasteiger partial charge in [0, 0.05) is 6.54 Å². The van der Waals surface area contributed by atoms with Gasteiger partial charge in [-0.15, -0.1) is 0 Å². The standard InChI is InChI=1S/C23H32N2O5S/c1-17(2)21(22(26)24-30-23(3,4)5)25(16-18-10-8-7-9-11-18)31(27,28)20-14-12-19(29-6)13-15-20/h7-15,17,21H,16H2,1-6H3,(H,24,26). The van der Waals surface area contributed by atoms with Crippen molar-refractivity contribution in [3.63, 3.8) is 0 Å². The number of nitrogens with zero attached hydrogens (tertiary/aromatic N) is 1. The van der Waals surface area contributed by atoms with Gasteiger partial charge in [-0.25, -0.2) is 13.9 Å². The van der Waals surface area contributed by atoms with Crippen molar-refractivity contribution in [2.75, 3.05) is 7.11 Å². The van der Waals surface area contributed by atoms with Crippen LogP contribution in [-0.2, 0) is 26.2 Å². The molecule has 0 fully saturated rings. The fraction of sp³-hybridized carbons (Fsp3) is 0.435. The molecule has 170 valence electrons. The van der Waals surface area contributed by atoms with Crippen LogP contribution in [0.3, 0.4) is 0 Å². The van der Waals surface area contributed by atoms with Gasteiger partial charge < -0.3 is 4.74 Å². The van der Waals surface area contributed by atoms with Crippen molar-refractivity contribution in [2.24, 2.45) is 5.92 Å². The highest BCUT2D eigenvalue weighted by Crippen LogP contribution is 2.26. The normalized spacial score (nSPS) is 13.3. The molecule has 1 atom stereocenters. The first-order chi connectivity index (χ1) is 14.5. The Labute approximate surface area is 185 Å². The van der Waals surface area contributed by atoms with Gasteiger partial charge in [0.2, 0.25) is 10.0 Å². The Morgan fingerprint density at radius 3 is 2.10 bits per heavy atom. The molecule has 0 saturated carbocycles. The maximum Gasteiger partial charge on any atom is 0.262 e. The number of sulfonamides is 1. The van der Waals surface area contributed by atoms with Crippen molar-refractivity contribution in [3.8, 4) is 5.75 Å². The van der Waals surface area contributed by atoms with Gasteiger partial charge in [-0.2, -0.15) is 4.31 Å². The minimum atomic E-state index is -4.01. The molecule has 2 aromatic carbocycles. The molecule has 1 amide bonds. The van der Waals surface area contributed by atoms with E-state index >= 15 is 0 Å². The number of hydrogen-bond donors (Lipinski definition) is 1. The second-order valence-electron chi connectivity index (χ2n) is 8.58. The van der Waals surface area contributed by atoms with Gasteiger partial charge in [-0.05, 0) is 56.5 Å². The molecule has 7 nitrogen and oxygen atoms in total. The molecule has 31 heavy (non-hydrogen) atoms. The number of methoxy groups -OCH3 is 1. The van der Waals surface area contributed by atoms with Crippen LogP contribution < -0.4 is 10.2 Å². The third-order valence-electron chi connectivity index (χ3n) is 4.52. The van der Waals surface area contributed by atoms with E-state index in [4.69, 9.17) is 9.57 Å². The quantitative estimate of drug-likeness (QED) is 0.591. The Morgan fingerprint density at radius 1 is 1.03 bits per heavy atom. The minimum absolute atomic E-state index is 0.0426. The SMILES string of the molecule is COc1ccc(S(=O)(=O)N(Cc2ccccc2)C(C(=O)NOC(C)(C)C)C(C)C)cc1. The zero-order valence-electron chi connectivity index (χ0n) is 19.0. The summed E-state index contributed by atoms with van der Waals surface area (Å²) >= 11 is 0. The molecular weight excluding hydrogens is 416 g/mol. The second kappa shape index (κ2) is 10.3. The summed E-state index contributed by atoms with van der Waals surface area (Å²) in [5.41, 5.74) is 2.61. The summed E-state index contributed by atoms with van der Waals surface area (Å²) < 4.78 is 33.7. The van der Waals surface area contributed by atoms with Crippen molar-refractivity contribution in [1.29, 1.82) is 0 Å². The van der Waals surface area contributed by atoms with Gasteiger partial charge in [-0.3, -0.25) is 9.63 Å². The Balaban J connectivity index is 2.49.